The first-order valence-corrected chi connectivity index (χ1v) is 9.47. The smallest absolute Gasteiger partial charge is 0.333 e. The summed E-state index contributed by atoms with van der Waals surface area (Å²) in [7, 11) is 0. The predicted octanol–water partition coefficient (Wildman–Crippen LogP) is -2.02. The Bertz CT molecular complexity index is 1250. The maximum Gasteiger partial charge on any atom is 0.333 e. The van der Waals surface area contributed by atoms with E-state index in [2.05, 4.69) is 4.98 Å². The van der Waals surface area contributed by atoms with Crippen molar-refractivity contribution in [3.63, 3.8) is 0 Å². The lowest BCUT2D eigenvalue weighted by molar-refractivity contribution is -0.0527. The van der Waals surface area contributed by atoms with Crippen LogP contribution in [0.1, 0.15) is 11.8 Å². The van der Waals surface area contributed by atoms with Crippen molar-refractivity contribution in [3.05, 3.63) is 62.8 Å². The average molecular weight is 430 g/mol. The van der Waals surface area contributed by atoms with Gasteiger partial charge < -0.3 is 31.6 Å². The maximum absolute atomic E-state index is 13.2. The first-order chi connectivity index (χ1) is 14.8. The number of aromatic nitrogens is 4. The number of anilines is 1. The Balaban J connectivity index is 1.86. The highest BCUT2D eigenvalue weighted by Gasteiger charge is 2.45. The van der Waals surface area contributed by atoms with Crippen LogP contribution in [0.5, 0.6) is 0 Å². The molecule has 2 aromatic heterocycles. The van der Waals surface area contributed by atoms with Crippen molar-refractivity contribution in [2.45, 2.75) is 31.1 Å². The fourth-order valence-electron chi connectivity index (χ4n) is 3.60. The highest BCUT2D eigenvalue weighted by Crippen LogP contribution is 2.30. The van der Waals surface area contributed by atoms with Gasteiger partial charge in [-0.05, 0) is 5.56 Å². The van der Waals surface area contributed by atoms with E-state index in [1.165, 1.54) is 0 Å². The van der Waals surface area contributed by atoms with Gasteiger partial charge in [-0.3, -0.25) is 9.36 Å². The third-order valence-corrected chi connectivity index (χ3v) is 5.21. The molecule has 164 valence electrons. The van der Waals surface area contributed by atoms with Gasteiger partial charge in [0, 0.05) is 6.54 Å². The number of hydrogen-bond acceptors (Lipinski definition) is 9. The molecule has 3 heterocycles. The number of ether oxygens (including phenoxy) is 1. The largest absolute Gasteiger partial charge is 0.394 e. The molecule has 1 saturated heterocycles. The van der Waals surface area contributed by atoms with Crippen LogP contribution in [-0.2, 0) is 11.3 Å². The van der Waals surface area contributed by atoms with Crippen LogP contribution in [0, 0.1) is 0 Å². The molecule has 12 nitrogen and oxygen atoms in total. The molecule has 12 heteroatoms. The minimum absolute atomic E-state index is 0.00708. The summed E-state index contributed by atoms with van der Waals surface area (Å²) in [6.45, 7) is -0.583. The van der Waals surface area contributed by atoms with E-state index in [9.17, 15) is 24.9 Å². The number of fused-ring (bicyclic) bond motifs is 1. The molecule has 0 amide bonds. The fraction of sp³-hybridized carbons (Fsp3) is 0.316. The van der Waals surface area contributed by atoms with E-state index in [1.54, 1.807) is 12.2 Å². The molecule has 4 atom stereocenters. The predicted molar refractivity (Wildman–Crippen MR) is 111 cm³/mol. The van der Waals surface area contributed by atoms with Crippen LogP contribution in [0.25, 0.3) is 17.2 Å². The Hall–Kier alpha value is -3.45. The first-order valence-electron chi connectivity index (χ1n) is 9.47. The van der Waals surface area contributed by atoms with Crippen LogP contribution in [0.4, 0.5) is 5.95 Å². The van der Waals surface area contributed by atoms with E-state index in [-0.39, 0.29) is 23.7 Å². The molecule has 0 radical (unpaired) electrons. The van der Waals surface area contributed by atoms with Crippen molar-refractivity contribution < 1.29 is 20.1 Å². The molecule has 0 spiro atoms. The molecule has 1 aliphatic rings. The number of nitrogens with two attached hydrogens (primary N) is 2. The number of allylic oxidation sites excluding steroid dienone is 1. The summed E-state index contributed by atoms with van der Waals surface area (Å²) in [6.07, 6.45) is -2.04. The normalized spacial score (nSPS) is 23.8. The molecular weight excluding hydrogens is 408 g/mol. The molecule has 31 heavy (non-hydrogen) atoms. The number of nitrogens with zero attached hydrogens (tertiary/aromatic N) is 4. The Morgan fingerprint density at radius 1 is 1.16 bits per heavy atom. The van der Waals surface area contributed by atoms with Crippen LogP contribution < -0.4 is 22.8 Å². The SMILES string of the molecule is Nc1nc2c(c(=O)n1N)n(CC=Cc1ccccc1)c(=O)n2[C@@H]1O[C@H](CO)C(O)C1O. The quantitative estimate of drug-likeness (QED) is 0.285. The van der Waals surface area contributed by atoms with Crippen molar-refractivity contribution in [3.8, 4) is 0 Å². The van der Waals surface area contributed by atoms with E-state index in [4.69, 9.17) is 16.3 Å². The van der Waals surface area contributed by atoms with Crippen LogP contribution in [0.15, 0.2) is 46.0 Å². The van der Waals surface area contributed by atoms with Gasteiger partial charge in [-0.15, -0.1) is 0 Å². The zero-order chi connectivity index (χ0) is 22.3. The second-order valence-corrected chi connectivity index (χ2v) is 7.12. The van der Waals surface area contributed by atoms with Crippen LogP contribution >= 0.6 is 0 Å². The van der Waals surface area contributed by atoms with E-state index < -0.39 is 42.4 Å². The van der Waals surface area contributed by atoms with E-state index in [0.717, 1.165) is 14.7 Å². The third kappa shape index (κ3) is 3.41. The molecule has 1 aliphatic heterocycles. The molecule has 0 saturated carbocycles. The van der Waals surface area contributed by atoms with Crippen molar-refractivity contribution in [1.29, 1.82) is 0 Å². The summed E-state index contributed by atoms with van der Waals surface area (Å²) in [5, 5.41) is 29.8. The molecule has 3 aromatic rings. The van der Waals surface area contributed by atoms with Gasteiger partial charge in [0.15, 0.2) is 17.4 Å². The zero-order valence-electron chi connectivity index (χ0n) is 16.3. The minimum Gasteiger partial charge on any atom is -0.394 e. The van der Waals surface area contributed by atoms with Crippen molar-refractivity contribution >= 4 is 23.2 Å². The number of hydrogen-bond donors (Lipinski definition) is 5. The highest BCUT2D eigenvalue weighted by atomic mass is 16.6. The van der Waals surface area contributed by atoms with Crippen molar-refractivity contribution in [1.82, 2.24) is 18.8 Å². The number of nitrogen functional groups attached to an aromatic ring is 2. The monoisotopic (exact) mass is 430 g/mol. The summed E-state index contributed by atoms with van der Waals surface area (Å²) >= 11 is 0. The van der Waals surface area contributed by atoms with Gasteiger partial charge in [0.05, 0.1) is 6.61 Å². The minimum atomic E-state index is -1.54. The van der Waals surface area contributed by atoms with E-state index in [0.29, 0.717) is 4.68 Å². The number of aliphatic hydroxyl groups excluding tert-OH is 3. The number of rotatable bonds is 5. The highest BCUT2D eigenvalue weighted by molar-refractivity contribution is 5.72. The second-order valence-electron chi connectivity index (χ2n) is 7.12. The summed E-state index contributed by atoms with van der Waals surface area (Å²) in [5.41, 5.74) is 4.80. The molecule has 0 bridgehead atoms. The summed E-state index contributed by atoms with van der Waals surface area (Å²) in [6, 6.07) is 9.34. The molecule has 2 unspecified atom stereocenters. The topological polar surface area (TPSA) is 184 Å². The average Bonchev–Trinajstić information content (AvgIpc) is 3.20. The first kappa shape index (κ1) is 20.8. The molecule has 4 rings (SSSR count). The van der Waals surface area contributed by atoms with Crippen LogP contribution in [0.3, 0.4) is 0 Å². The summed E-state index contributed by atoms with van der Waals surface area (Å²) < 4.78 is 8.14. The van der Waals surface area contributed by atoms with Gasteiger partial charge in [0.2, 0.25) is 5.95 Å². The van der Waals surface area contributed by atoms with Crippen LogP contribution in [-0.4, -0.2) is 59.0 Å². The molecule has 7 N–H and O–H groups in total. The van der Waals surface area contributed by atoms with Crippen molar-refractivity contribution in [2.75, 3.05) is 18.2 Å². The Labute approximate surface area is 174 Å². The molecule has 0 aliphatic carbocycles. The second kappa shape index (κ2) is 8.00. The van der Waals surface area contributed by atoms with Gasteiger partial charge in [0.25, 0.3) is 5.56 Å². The maximum atomic E-state index is 13.2. The lowest BCUT2D eigenvalue weighted by Gasteiger charge is -2.15. The zero-order valence-corrected chi connectivity index (χ0v) is 16.3. The fourth-order valence-corrected chi connectivity index (χ4v) is 3.60. The van der Waals surface area contributed by atoms with Gasteiger partial charge in [0.1, 0.15) is 18.3 Å². The molecule has 1 aromatic carbocycles. The lowest BCUT2D eigenvalue weighted by atomic mass is 10.1. The van der Waals surface area contributed by atoms with Gasteiger partial charge in [-0.25, -0.2) is 9.36 Å². The Morgan fingerprint density at radius 3 is 2.52 bits per heavy atom. The van der Waals surface area contributed by atoms with Crippen LogP contribution in [0.2, 0.25) is 0 Å². The lowest BCUT2D eigenvalue weighted by Crippen LogP contribution is -2.36. The standard InChI is InChI=1S/C19H22N6O6/c20-18-22-15-12(16(29)25(18)21)23(8-4-7-10-5-2-1-3-6-10)19(30)24(15)17-14(28)13(27)11(9-26)31-17/h1-7,11,13-14,17,26-28H,8-9,21H2,(H2,20,22)/t11-,13?,14?,17-/m1/s1. The molecule has 1 fully saturated rings. The van der Waals surface area contributed by atoms with E-state index >= 15 is 0 Å². The number of imidazole rings is 1. The summed E-state index contributed by atoms with van der Waals surface area (Å²) in [4.78, 5) is 30.0. The van der Waals surface area contributed by atoms with Gasteiger partial charge in [-0.1, -0.05) is 42.5 Å². The number of aliphatic hydroxyl groups is 3. The molecular formula is C19H22N6O6. The Morgan fingerprint density at radius 2 is 1.87 bits per heavy atom. The van der Waals surface area contributed by atoms with Gasteiger partial charge >= 0.3 is 5.69 Å². The summed E-state index contributed by atoms with van der Waals surface area (Å²) in [5.74, 6) is 5.31. The number of benzene rings is 1. The van der Waals surface area contributed by atoms with Crippen molar-refractivity contribution in [2.24, 2.45) is 0 Å². The van der Waals surface area contributed by atoms with E-state index in [1.807, 2.05) is 30.3 Å². The third-order valence-electron chi connectivity index (χ3n) is 5.21. The Kier molecular flexibility index (Phi) is 5.37. The van der Waals surface area contributed by atoms with Gasteiger partial charge in [-0.2, -0.15) is 9.66 Å².